The first-order chi connectivity index (χ1) is 10.1. The molecule has 2 fully saturated rings. The van der Waals surface area contributed by atoms with Crippen LogP contribution in [0, 0.1) is 0 Å². The first kappa shape index (κ1) is 15.0. The Morgan fingerprint density at radius 2 is 1.95 bits per heavy atom. The Morgan fingerprint density at radius 3 is 2.67 bits per heavy atom. The maximum Gasteiger partial charge on any atom is 0.0726 e. The lowest BCUT2D eigenvalue weighted by atomic mass is 9.92. The molecular formula is C18H28N2O. The molecule has 1 aliphatic carbocycles. The van der Waals surface area contributed by atoms with Gasteiger partial charge in [-0.15, -0.1) is 0 Å². The topological polar surface area (TPSA) is 24.5 Å². The molecule has 116 valence electrons. The largest absolute Gasteiger partial charge is 0.380 e. The van der Waals surface area contributed by atoms with Crippen LogP contribution in [-0.4, -0.2) is 42.8 Å². The van der Waals surface area contributed by atoms with Crippen molar-refractivity contribution in [3.63, 3.8) is 0 Å². The normalized spacial score (nSPS) is 33.2. The third-order valence-corrected chi connectivity index (χ3v) is 5.08. The molecule has 1 aliphatic heterocycles. The highest BCUT2D eigenvalue weighted by Gasteiger charge is 2.41. The summed E-state index contributed by atoms with van der Waals surface area (Å²) in [7, 11) is 1.87. The van der Waals surface area contributed by atoms with E-state index in [1.54, 1.807) is 0 Å². The Balaban J connectivity index is 1.87. The monoisotopic (exact) mass is 288 g/mol. The van der Waals surface area contributed by atoms with Gasteiger partial charge in [-0.1, -0.05) is 30.3 Å². The fraction of sp³-hybridized carbons (Fsp3) is 0.667. The van der Waals surface area contributed by atoms with E-state index < -0.39 is 0 Å². The lowest BCUT2D eigenvalue weighted by Crippen LogP contribution is -2.61. The average Bonchev–Trinajstić information content (AvgIpc) is 2.95. The number of ether oxygens (including phenoxy) is 1. The molecule has 3 rings (SSSR count). The van der Waals surface area contributed by atoms with Crippen LogP contribution in [0.5, 0.6) is 0 Å². The van der Waals surface area contributed by atoms with Crippen LogP contribution < -0.4 is 5.32 Å². The summed E-state index contributed by atoms with van der Waals surface area (Å²) in [5, 5.41) is 3.71. The number of hydrogen-bond acceptors (Lipinski definition) is 3. The highest BCUT2D eigenvalue weighted by Crippen LogP contribution is 2.35. The third-order valence-electron chi connectivity index (χ3n) is 5.08. The van der Waals surface area contributed by atoms with Gasteiger partial charge < -0.3 is 10.1 Å². The van der Waals surface area contributed by atoms with E-state index in [0.29, 0.717) is 18.2 Å². The lowest BCUT2D eigenvalue weighted by Gasteiger charge is -2.48. The summed E-state index contributed by atoms with van der Waals surface area (Å²) >= 11 is 0. The molecule has 0 radical (unpaired) electrons. The Labute approximate surface area is 128 Å². The molecule has 0 spiro atoms. The molecule has 1 aromatic rings. The average molecular weight is 288 g/mol. The molecule has 21 heavy (non-hydrogen) atoms. The van der Waals surface area contributed by atoms with Gasteiger partial charge in [0.05, 0.1) is 6.10 Å². The van der Waals surface area contributed by atoms with E-state index in [1.165, 1.54) is 24.8 Å². The minimum absolute atomic E-state index is 0.173. The molecular weight excluding hydrogens is 260 g/mol. The minimum atomic E-state index is 0.173. The van der Waals surface area contributed by atoms with Gasteiger partial charge in [0, 0.05) is 37.8 Å². The minimum Gasteiger partial charge on any atom is -0.380 e. The van der Waals surface area contributed by atoms with Gasteiger partial charge >= 0.3 is 0 Å². The molecule has 0 amide bonds. The van der Waals surface area contributed by atoms with Crippen LogP contribution in [0.25, 0.3) is 0 Å². The van der Waals surface area contributed by atoms with Gasteiger partial charge in [0.25, 0.3) is 0 Å². The molecule has 0 aromatic heterocycles. The van der Waals surface area contributed by atoms with Crippen molar-refractivity contribution in [3.8, 4) is 0 Å². The predicted octanol–water partition coefficient (Wildman–Crippen LogP) is 2.98. The second-order valence-corrected chi connectivity index (χ2v) is 7.14. The molecule has 1 aromatic carbocycles. The van der Waals surface area contributed by atoms with Crippen molar-refractivity contribution < 1.29 is 4.74 Å². The van der Waals surface area contributed by atoms with Crippen LogP contribution in [0.15, 0.2) is 30.3 Å². The summed E-state index contributed by atoms with van der Waals surface area (Å²) in [5.41, 5.74) is 1.59. The molecule has 3 atom stereocenters. The van der Waals surface area contributed by atoms with Crippen LogP contribution in [0.2, 0.25) is 0 Å². The van der Waals surface area contributed by atoms with E-state index in [9.17, 15) is 0 Å². The summed E-state index contributed by atoms with van der Waals surface area (Å²) in [6, 6.07) is 11.9. The van der Waals surface area contributed by atoms with Gasteiger partial charge in [0.1, 0.15) is 0 Å². The lowest BCUT2D eigenvalue weighted by molar-refractivity contribution is -0.0158. The van der Waals surface area contributed by atoms with E-state index in [1.807, 2.05) is 7.11 Å². The van der Waals surface area contributed by atoms with Crippen molar-refractivity contribution in [2.45, 2.75) is 56.8 Å². The van der Waals surface area contributed by atoms with Crippen molar-refractivity contribution in [3.05, 3.63) is 35.9 Å². The number of nitrogens with zero attached hydrogens (tertiary/aromatic N) is 1. The fourth-order valence-electron chi connectivity index (χ4n) is 4.01. The zero-order chi connectivity index (χ0) is 14.9. The standard InChI is InChI=1S/C18H28N2O/c1-18(2)13-20(15-10-7-11-17(15)21-3)16(12-19-18)14-8-5-4-6-9-14/h4-6,8-9,15-17,19H,7,10-13H2,1-3H3. The number of methoxy groups -OCH3 is 1. The van der Waals surface area contributed by atoms with Gasteiger partial charge in [-0.05, 0) is 38.7 Å². The number of hydrogen-bond donors (Lipinski definition) is 1. The number of benzene rings is 1. The quantitative estimate of drug-likeness (QED) is 0.925. The first-order valence-corrected chi connectivity index (χ1v) is 8.19. The van der Waals surface area contributed by atoms with Crippen LogP contribution >= 0.6 is 0 Å². The molecule has 1 heterocycles. The molecule has 3 unspecified atom stereocenters. The van der Waals surface area contributed by atoms with E-state index >= 15 is 0 Å². The molecule has 2 aliphatic rings. The molecule has 3 heteroatoms. The molecule has 1 saturated heterocycles. The Bertz CT molecular complexity index is 460. The predicted molar refractivity (Wildman–Crippen MR) is 86.4 cm³/mol. The maximum atomic E-state index is 5.77. The first-order valence-electron chi connectivity index (χ1n) is 8.19. The number of nitrogens with one attached hydrogen (secondary N) is 1. The number of piperazine rings is 1. The van der Waals surface area contributed by atoms with Gasteiger partial charge in [0.15, 0.2) is 0 Å². The van der Waals surface area contributed by atoms with Gasteiger partial charge in [-0.25, -0.2) is 0 Å². The van der Waals surface area contributed by atoms with Crippen LogP contribution in [0.4, 0.5) is 0 Å². The van der Waals surface area contributed by atoms with Crippen molar-refractivity contribution >= 4 is 0 Å². The second-order valence-electron chi connectivity index (χ2n) is 7.14. The summed E-state index contributed by atoms with van der Waals surface area (Å²) in [6.07, 6.45) is 4.14. The number of rotatable bonds is 3. The Kier molecular flexibility index (Phi) is 4.34. The zero-order valence-electron chi connectivity index (χ0n) is 13.5. The molecule has 1 N–H and O–H groups in total. The van der Waals surface area contributed by atoms with Crippen LogP contribution in [-0.2, 0) is 4.74 Å². The highest BCUT2D eigenvalue weighted by molar-refractivity contribution is 5.21. The van der Waals surface area contributed by atoms with E-state index in [4.69, 9.17) is 4.74 Å². The molecule has 0 bridgehead atoms. The van der Waals surface area contributed by atoms with Crippen molar-refractivity contribution in [2.75, 3.05) is 20.2 Å². The van der Waals surface area contributed by atoms with E-state index in [-0.39, 0.29) is 5.54 Å². The van der Waals surface area contributed by atoms with Gasteiger partial charge in [0.2, 0.25) is 0 Å². The molecule has 1 saturated carbocycles. The van der Waals surface area contributed by atoms with Crippen molar-refractivity contribution in [2.24, 2.45) is 0 Å². The van der Waals surface area contributed by atoms with E-state index in [0.717, 1.165) is 13.1 Å². The van der Waals surface area contributed by atoms with Gasteiger partial charge in [-0.2, -0.15) is 0 Å². The SMILES string of the molecule is COC1CCCC1N1CC(C)(C)NCC1c1ccccc1. The van der Waals surface area contributed by atoms with Crippen molar-refractivity contribution in [1.82, 2.24) is 10.2 Å². The Morgan fingerprint density at radius 1 is 1.19 bits per heavy atom. The van der Waals surface area contributed by atoms with Gasteiger partial charge in [-0.3, -0.25) is 4.90 Å². The highest BCUT2D eigenvalue weighted by atomic mass is 16.5. The summed E-state index contributed by atoms with van der Waals surface area (Å²) in [5.74, 6) is 0. The smallest absolute Gasteiger partial charge is 0.0726 e. The fourth-order valence-corrected chi connectivity index (χ4v) is 4.01. The summed E-state index contributed by atoms with van der Waals surface area (Å²) < 4.78 is 5.77. The summed E-state index contributed by atoms with van der Waals surface area (Å²) in [6.45, 7) is 6.71. The maximum absolute atomic E-state index is 5.77. The third kappa shape index (κ3) is 3.15. The molecule has 3 nitrogen and oxygen atoms in total. The summed E-state index contributed by atoms with van der Waals surface area (Å²) in [4.78, 5) is 2.70. The van der Waals surface area contributed by atoms with Crippen LogP contribution in [0.3, 0.4) is 0 Å². The van der Waals surface area contributed by atoms with Crippen molar-refractivity contribution in [1.29, 1.82) is 0 Å². The zero-order valence-corrected chi connectivity index (χ0v) is 13.5. The van der Waals surface area contributed by atoms with E-state index in [2.05, 4.69) is 54.4 Å². The van der Waals surface area contributed by atoms with Crippen LogP contribution in [0.1, 0.15) is 44.7 Å². The second kappa shape index (κ2) is 6.07. The Hall–Kier alpha value is -0.900.